The number of amidine groups is 1. The number of hydrogen-bond acceptors (Lipinski definition) is 1. The van der Waals surface area contributed by atoms with Gasteiger partial charge in [-0.05, 0) is 49.9 Å². The molecule has 86 valence electrons. The molecule has 1 aliphatic rings. The summed E-state index contributed by atoms with van der Waals surface area (Å²) < 4.78 is 1.08. The smallest absolute Gasteiger partial charge is 0.128 e. The van der Waals surface area contributed by atoms with Crippen LogP contribution in [0.1, 0.15) is 30.4 Å². The normalized spacial score (nSPS) is 16.2. The van der Waals surface area contributed by atoms with E-state index in [0.29, 0.717) is 5.84 Å². The summed E-state index contributed by atoms with van der Waals surface area (Å²) in [6, 6.07) is 6.13. The number of halogens is 1. The van der Waals surface area contributed by atoms with Crippen LogP contribution in [0.5, 0.6) is 0 Å². The maximum atomic E-state index is 8.25. The molecule has 1 saturated heterocycles. The zero-order chi connectivity index (χ0) is 11.5. The lowest BCUT2D eigenvalue weighted by Crippen LogP contribution is -2.35. The molecule has 0 aliphatic carbocycles. The quantitative estimate of drug-likeness (QED) is 0.618. The Labute approximate surface area is 105 Å². The van der Waals surface area contributed by atoms with Crippen LogP contribution >= 0.6 is 15.9 Å². The van der Waals surface area contributed by atoms with Gasteiger partial charge < -0.3 is 4.90 Å². The Morgan fingerprint density at radius 1 is 1.25 bits per heavy atom. The van der Waals surface area contributed by atoms with Gasteiger partial charge in [0.2, 0.25) is 0 Å². The molecule has 1 heterocycles. The SMILES string of the molecule is Cc1cc(Br)ccc1C(=N)N1CCCCC1. The lowest BCUT2D eigenvalue weighted by atomic mass is 10.0. The molecule has 2 nitrogen and oxygen atoms in total. The number of nitrogens with zero attached hydrogens (tertiary/aromatic N) is 1. The predicted molar refractivity (Wildman–Crippen MR) is 71.1 cm³/mol. The summed E-state index contributed by atoms with van der Waals surface area (Å²) in [5.41, 5.74) is 2.23. The van der Waals surface area contributed by atoms with Crippen molar-refractivity contribution in [1.29, 1.82) is 5.41 Å². The molecule has 0 radical (unpaired) electrons. The third-order valence-corrected chi connectivity index (χ3v) is 3.61. The first kappa shape index (κ1) is 11.6. The fourth-order valence-corrected chi connectivity index (χ4v) is 2.66. The Bertz CT molecular complexity index is 395. The lowest BCUT2D eigenvalue weighted by Gasteiger charge is -2.29. The van der Waals surface area contributed by atoms with Crippen LogP contribution in [-0.2, 0) is 0 Å². The summed E-state index contributed by atoms with van der Waals surface area (Å²) in [6.07, 6.45) is 3.75. The van der Waals surface area contributed by atoms with E-state index in [-0.39, 0.29) is 0 Å². The fourth-order valence-electron chi connectivity index (χ4n) is 2.18. The second kappa shape index (κ2) is 5.00. The van der Waals surface area contributed by atoms with Crippen LogP contribution in [0.25, 0.3) is 0 Å². The number of nitrogens with one attached hydrogen (secondary N) is 1. The van der Waals surface area contributed by atoms with Crippen molar-refractivity contribution < 1.29 is 0 Å². The molecule has 0 atom stereocenters. The molecule has 1 fully saturated rings. The number of likely N-dealkylation sites (tertiary alicyclic amines) is 1. The maximum Gasteiger partial charge on any atom is 0.128 e. The van der Waals surface area contributed by atoms with Crippen molar-refractivity contribution in [3.05, 3.63) is 33.8 Å². The third kappa shape index (κ3) is 2.46. The van der Waals surface area contributed by atoms with Gasteiger partial charge in [-0.15, -0.1) is 0 Å². The summed E-state index contributed by atoms with van der Waals surface area (Å²) in [5.74, 6) is 0.685. The maximum absolute atomic E-state index is 8.25. The van der Waals surface area contributed by atoms with E-state index in [9.17, 15) is 0 Å². The van der Waals surface area contributed by atoms with Crippen molar-refractivity contribution in [3.8, 4) is 0 Å². The van der Waals surface area contributed by atoms with Gasteiger partial charge in [-0.1, -0.05) is 15.9 Å². The highest BCUT2D eigenvalue weighted by atomic mass is 79.9. The second-order valence-corrected chi connectivity index (χ2v) is 5.27. The van der Waals surface area contributed by atoms with E-state index >= 15 is 0 Å². The van der Waals surface area contributed by atoms with Crippen LogP contribution in [0.2, 0.25) is 0 Å². The van der Waals surface area contributed by atoms with E-state index in [2.05, 4.69) is 33.8 Å². The highest BCUT2D eigenvalue weighted by Crippen LogP contribution is 2.19. The molecule has 3 heteroatoms. The molecular weight excluding hydrogens is 264 g/mol. The van der Waals surface area contributed by atoms with Crippen molar-refractivity contribution in [2.75, 3.05) is 13.1 Å². The molecule has 1 N–H and O–H groups in total. The van der Waals surface area contributed by atoms with Crippen LogP contribution in [0, 0.1) is 12.3 Å². The fraction of sp³-hybridized carbons (Fsp3) is 0.462. The first-order chi connectivity index (χ1) is 7.68. The zero-order valence-electron chi connectivity index (χ0n) is 9.59. The summed E-state index contributed by atoms with van der Waals surface area (Å²) in [5, 5.41) is 8.25. The first-order valence-corrected chi connectivity index (χ1v) is 6.58. The Morgan fingerprint density at radius 2 is 1.94 bits per heavy atom. The van der Waals surface area contributed by atoms with Gasteiger partial charge in [0.25, 0.3) is 0 Å². The van der Waals surface area contributed by atoms with Gasteiger partial charge in [0.1, 0.15) is 5.84 Å². The molecule has 2 rings (SSSR count). The molecule has 1 aromatic rings. The number of aryl methyl sites for hydroxylation is 1. The summed E-state index contributed by atoms with van der Waals surface area (Å²) in [7, 11) is 0. The van der Waals surface area contributed by atoms with Gasteiger partial charge >= 0.3 is 0 Å². The summed E-state index contributed by atoms with van der Waals surface area (Å²) in [4.78, 5) is 2.19. The molecule has 0 unspecified atom stereocenters. The van der Waals surface area contributed by atoms with Crippen molar-refractivity contribution >= 4 is 21.8 Å². The first-order valence-electron chi connectivity index (χ1n) is 5.78. The number of rotatable bonds is 1. The van der Waals surface area contributed by atoms with Gasteiger partial charge in [-0.2, -0.15) is 0 Å². The molecule has 16 heavy (non-hydrogen) atoms. The molecule has 0 amide bonds. The minimum atomic E-state index is 0.685. The van der Waals surface area contributed by atoms with Crippen LogP contribution in [0.4, 0.5) is 0 Å². The molecule has 0 bridgehead atoms. The topological polar surface area (TPSA) is 27.1 Å². The Morgan fingerprint density at radius 3 is 2.56 bits per heavy atom. The van der Waals surface area contributed by atoms with Crippen LogP contribution in [0.3, 0.4) is 0 Å². The van der Waals surface area contributed by atoms with Gasteiger partial charge in [-0.25, -0.2) is 0 Å². The van der Waals surface area contributed by atoms with Gasteiger partial charge in [0.05, 0.1) is 0 Å². The van der Waals surface area contributed by atoms with Crippen molar-refractivity contribution in [3.63, 3.8) is 0 Å². The van der Waals surface area contributed by atoms with E-state index in [1.165, 1.54) is 24.8 Å². The minimum absolute atomic E-state index is 0.685. The molecule has 0 aromatic heterocycles. The summed E-state index contributed by atoms with van der Waals surface area (Å²) >= 11 is 3.46. The predicted octanol–water partition coefficient (Wildman–Crippen LogP) is 3.57. The molecular formula is C13H17BrN2. The Balaban J connectivity index is 2.19. The Hall–Kier alpha value is -0.830. The molecule has 1 aromatic carbocycles. The van der Waals surface area contributed by atoms with E-state index < -0.39 is 0 Å². The average Bonchev–Trinajstić information content (AvgIpc) is 2.29. The van der Waals surface area contributed by atoms with Crippen LogP contribution in [0.15, 0.2) is 22.7 Å². The van der Waals surface area contributed by atoms with Crippen molar-refractivity contribution in [1.82, 2.24) is 4.90 Å². The van der Waals surface area contributed by atoms with E-state index in [4.69, 9.17) is 5.41 Å². The van der Waals surface area contributed by atoms with E-state index in [1.807, 2.05) is 12.1 Å². The third-order valence-electron chi connectivity index (χ3n) is 3.12. The number of piperidine rings is 1. The average molecular weight is 281 g/mol. The lowest BCUT2D eigenvalue weighted by molar-refractivity contribution is 0.341. The number of benzene rings is 1. The molecule has 1 aliphatic heterocycles. The van der Waals surface area contributed by atoms with Crippen LogP contribution < -0.4 is 0 Å². The van der Waals surface area contributed by atoms with Gasteiger partial charge in [0, 0.05) is 23.1 Å². The van der Waals surface area contributed by atoms with Gasteiger partial charge in [0.15, 0.2) is 0 Å². The molecule has 0 spiro atoms. The van der Waals surface area contributed by atoms with Crippen molar-refractivity contribution in [2.24, 2.45) is 0 Å². The number of hydrogen-bond donors (Lipinski definition) is 1. The monoisotopic (exact) mass is 280 g/mol. The van der Waals surface area contributed by atoms with Crippen LogP contribution in [-0.4, -0.2) is 23.8 Å². The minimum Gasteiger partial charge on any atom is -0.357 e. The van der Waals surface area contributed by atoms with Gasteiger partial charge in [-0.3, -0.25) is 5.41 Å². The zero-order valence-corrected chi connectivity index (χ0v) is 11.2. The summed E-state index contributed by atoms with van der Waals surface area (Å²) in [6.45, 7) is 4.14. The Kier molecular flexibility index (Phi) is 3.64. The second-order valence-electron chi connectivity index (χ2n) is 4.36. The largest absolute Gasteiger partial charge is 0.357 e. The highest BCUT2D eigenvalue weighted by Gasteiger charge is 2.16. The highest BCUT2D eigenvalue weighted by molar-refractivity contribution is 9.10. The van der Waals surface area contributed by atoms with E-state index in [0.717, 1.165) is 23.1 Å². The molecule has 0 saturated carbocycles. The van der Waals surface area contributed by atoms with Crippen molar-refractivity contribution in [2.45, 2.75) is 26.2 Å². The van der Waals surface area contributed by atoms with E-state index in [1.54, 1.807) is 0 Å². The standard InChI is InChI=1S/C13H17BrN2/c1-10-9-11(14)5-6-12(10)13(15)16-7-3-2-4-8-16/h5-6,9,15H,2-4,7-8H2,1H3.